The van der Waals surface area contributed by atoms with Crippen molar-refractivity contribution in [1.82, 2.24) is 79.5 Å². The van der Waals surface area contributed by atoms with E-state index in [9.17, 15) is 47.9 Å². The van der Waals surface area contributed by atoms with Gasteiger partial charge in [-0.3, -0.25) is 83.2 Å². The minimum Gasteiger partial charge on any atom is -0.486 e. The number of hydrogen-bond donors (Lipinski definition) is 6. The Bertz CT molecular complexity index is 6510. The molecule has 4 aromatic heterocycles. The number of carbonyl (C=O) groups is 10. The van der Waals surface area contributed by atoms with Crippen molar-refractivity contribution in [2.75, 3.05) is 123 Å². The number of piperidine rings is 2. The van der Waals surface area contributed by atoms with Gasteiger partial charge in [0.15, 0.2) is 23.7 Å². The third-order valence-electron chi connectivity index (χ3n) is 26.7. The van der Waals surface area contributed by atoms with Crippen molar-refractivity contribution in [2.24, 2.45) is 5.73 Å². The number of carbonyl (C=O) groups excluding carboxylic acids is 9. The second kappa shape index (κ2) is 42.2. The Morgan fingerprint density at radius 2 is 0.810 bits per heavy atom. The van der Waals surface area contributed by atoms with Gasteiger partial charge in [-0.1, -0.05) is 60.7 Å². The molecule has 0 spiro atoms. The second-order valence-corrected chi connectivity index (χ2v) is 35.3. The average molecular weight is 1860 g/mol. The van der Waals surface area contributed by atoms with Crippen molar-refractivity contribution in [3.05, 3.63) is 205 Å². The first-order valence-corrected chi connectivity index (χ1v) is 46.7. The fourth-order valence-electron chi connectivity index (χ4n) is 19.8. The quantitative estimate of drug-likeness (QED) is 0.0180. The number of amides is 8. The molecule has 8 aromatic carbocycles. The Kier molecular flexibility index (Phi) is 28.7. The zero-order valence-corrected chi connectivity index (χ0v) is 75.7. The van der Waals surface area contributed by atoms with E-state index in [1.807, 2.05) is 109 Å². The summed E-state index contributed by atoms with van der Waals surface area (Å²) >= 11 is 0. The van der Waals surface area contributed by atoms with E-state index in [1.165, 1.54) is 18.5 Å². The van der Waals surface area contributed by atoms with Gasteiger partial charge in [0, 0.05) is 143 Å². The highest BCUT2D eigenvalue weighted by atomic mass is 16.5. The van der Waals surface area contributed by atoms with E-state index in [-0.39, 0.29) is 78.5 Å². The molecule has 9 N–H and O–H groups in total. The van der Waals surface area contributed by atoms with Gasteiger partial charge >= 0.3 is 5.97 Å². The van der Waals surface area contributed by atoms with E-state index < -0.39 is 71.9 Å². The van der Waals surface area contributed by atoms with E-state index in [0.29, 0.717) is 89.8 Å². The number of Topliss-reactive ketones (excluding diaryl/α,β-unsaturated/α-hetero) is 1. The van der Waals surface area contributed by atoms with Gasteiger partial charge < -0.3 is 50.7 Å². The molecule has 10 heterocycles. The van der Waals surface area contributed by atoms with Crippen molar-refractivity contribution in [2.45, 2.75) is 126 Å². The summed E-state index contributed by atoms with van der Waals surface area (Å²) in [5, 5.41) is 27.0. The number of ether oxygens (including phenoxy) is 6. The maximum atomic E-state index is 13.7. The molecule has 36 nitrogen and oxygen atoms in total. The van der Waals surface area contributed by atoms with Crippen molar-refractivity contribution in [3.63, 3.8) is 0 Å². The molecular formula is C101H107N19O17. The van der Waals surface area contributed by atoms with Crippen LogP contribution < -0.4 is 46.8 Å². The first-order valence-electron chi connectivity index (χ1n) is 46.7. The number of fused-ring (bicyclic) bond motifs is 2. The number of nitrogens with two attached hydrogens (primary N) is 3. The maximum Gasteiger partial charge on any atom is 0.341 e. The number of nitrogens with zero attached hydrogens (tertiary/aromatic N) is 14. The Hall–Kier alpha value is -14.4. The lowest BCUT2D eigenvalue weighted by molar-refractivity contribution is -0.139. The van der Waals surface area contributed by atoms with Crippen LogP contribution in [-0.2, 0) is 38.2 Å². The van der Waals surface area contributed by atoms with E-state index in [0.717, 1.165) is 201 Å². The molecule has 6 fully saturated rings. The van der Waals surface area contributed by atoms with Crippen LogP contribution in [0.4, 0.5) is 11.6 Å². The summed E-state index contributed by atoms with van der Waals surface area (Å²) < 4.78 is 38.7. The Morgan fingerprint density at radius 1 is 0.409 bits per heavy atom. The zero-order chi connectivity index (χ0) is 94.7. The van der Waals surface area contributed by atoms with Crippen molar-refractivity contribution < 1.29 is 81.5 Å². The van der Waals surface area contributed by atoms with Crippen molar-refractivity contribution in [3.8, 4) is 57.0 Å². The van der Waals surface area contributed by atoms with Gasteiger partial charge in [-0.2, -0.15) is 10.2 Å². The van der Waals surface area contributed by atoms with Crippen LogP contribution in [0, 0.1) is 0 Å². The molecule has 2 aliphatic carbocycles. The van der Waals surface area contributed by atoms with Gasteiger partial charge in [0.1, 0.15) is 88.9 Å². The second-order valence-electron chi connectivity index (χ2n) is 35.3. The third-order valence-corrected chi connectivity index (χ3v) is 26.7. The molecule has 6 aliphatic heterocycles. The number of benzene rings is 8. The first-order chi connectivity index (χ1) is 66.7. The lowest BCUT2D eigenvalue weighted by Gasteiger charge is -2.42. The maximum absolute atomic E-state index is 13.7. The number of aromatic nitrogens is 8. The van der Waals surface area contributed by atoms with Gasteiger partial charge in [0.2, 0.25) is 23.6 Å². The zero-order valence-electron chi connectivity index (χ0n) is 75.7. The SMILES string of the molecule is NCCOCCN1CCN(C2CCC(n3nc(-c4ccc(Oc5ccccc5)cc4)c4c(N)ncnc43)CC2)CC1.Nc1ncnc2c1c(-c1ccc(Oc3ccccc3)cc1)nn2C1CCC(N2CCN(CCOCCCC(=O)COc3cc4c5c(cccc5c3)C(=O)N(C3CCC(=O)NC3=O)C4=O)CC2)CC1.O=C(O)COc1cc2c3c(cccc3c1)C(=O)N(C1CCC(=O)NC1=O)C2=O. The van der Waals surface area contributed by atoms with Gasteiger partial charge in [0.25, 0.3) is 23.6 Å². The number of anilines is 2. The molecule has 2 saturated carbocycles. The topological polar surface area (TPSA) is 455 Å². The molecule has 137 heavy (non-hydrogen) atoms. The molecule has 2 unspecified atom stereocenters. The van der Waals surface area contributed by atoms with Crippen LogP contribution in [-0.4, -0.2) is 269 Å². The fourth-order valence-corrected chi connectivity index (χ4v) is 19.8. The summed E-state index contributed by atoms with van der Waals surface area (Å²) in [5.74, 6) is -1.66. The van der Waals surface area contributed by atoms with Crippen LogP contribution in [0.5, 0.6) is 34.5 Å². The van der Waals surface area contributed by atoms with E-state index in [4.69, 9.17) is 60.9 Å². The van der Waals surface area contributed by atoms with Crippen LogP contribution in [0.15, 0.2) is 183 Å². The van der Waals surface area contributed by atoms with Crippen LogP contribution in [0.2, 0.25) is 0 Å². The fraction of sp³-hybridized carbons (Fsp3) is 0.366. The molecule has 0 radical (unpaired) electrons. The number of aliphatic carboxylic acids is 1. The Labute approximate surface area is 788 Å². The summed E-state index contributed by atoms with van der Waals surface area (Å²) in [7, 11) is 0. The van der Waals surface area contributed by atoms with E-state index >= 15 is 0 Å². The summed E-state index contributed by atoms with van der Waals surface area (Å²) in [5.41, 5.74) is 24.3. The number of para-hydroxylation sites is 2. The van der Waals surface area contributed by atoms with Crippen LogP contribution >= 0.6 is 0 Å². The minimum absolute atomic E-state index is 0.0201. The lowest BCUT2D eigenvalue weighted by Crippen LogP contribution is -2.57. The number of ketones is 1. The number of carboxylic acids is 1. The van der Waals surface area contributed by atoms with Crippen molar-refractivity contribution in [1.29, 1.82) is 0 Å². The van der Waals surface area contributed by atoms with Gasteiger partial charge in [0.05, 0.1) is 53.8 Å². The molecule has 8 amide bonds. The molecule has 0 bridgehead atoms. The van der Waals surface area contributed by atoms with Gasteiger partial charge in [-0.05, 0) is 191 Å². The monoisotopic (exact) mass is 1860 g/mol. The summed E-state index contributed by atoms with van der Waals surface area (Å²) in [6, 6.07) is 50.8. The van der Waals surface area contributed by atoms with Crippen molar-refractivity contribution >= 4 is 114 Å². The van der Waals surface area contributed by atoms with Gasteiger partial charge in [-0.15, -0.1) is 0 Å². The molecule has 8 aliphatic rings. The van der Waals surface area contributed by atoms with E-state index in [1.54, 1.807) is 54.9 Å². The predicted octanol–water partition coefficient (Wildman–Crippen LogP) is 10.6. The normalized spacial score (nSPS) is 20.0. The molecule has 4 saturated heterocycles. The number of nitrogens with one attached hydrogen (secondary N) is 2. The number of carboxylic acid groups (broad SMARTS) is 1. The van der Waals surface area contributed by atoms with Gasteiger partial charge in [-0.25, -0.2) is 34.1 Å². The molecule has 12 aromatic rings. The standard InChI is InChI=1S/C51H53N9O8.C31H40N8O2.C19H14N2O7/c52-47-45-46(32-11-17-38(18-12-32)68-37-8-2-1-3-9-37)56-60(48(45)54-31-53-47)35-15-13-34(14-16-35)58-23-21-57(22-24-58)25-27-66-26-5-7-36(61)30-67-39-28-33-6-4-10-40-44(33)41(29-39)51(65)59(50(40)64)42-19-20-43(62)55-49(42)63;32-14-20-40-21-19-37-15-17-38(18-16-37)24-8-10-25(11-9-24)39-31-28(30(33)34-22-35-31)29(36-39)23-6-12-27(13-7-23)41-26-4-2-1-3-5-26;22-14-5-4-13(17(25)20-14)21-18(26)11-3-1-2-9-6-10(28-8-15(23)24)7-12(16(9)11)19(21)27/h1-4,6,8-12,17-18,28-29,31,34-35,42H,5,7,13-16,19-27,30H2,(H2,52,53,54)(H,55,62,63);1-7,12-13,22,24-25H,8-11,14-21,32H2,(H2,33,34,35);1-3,6-7,13H,4-5,8H2,(H,23,24)(H,20,22,25). The highest BCUT2D eigenvalue weighted by Crippen LogP contribution is 2.43. The smallest absolute Gasteiger partial charge is 0.341 e. The molecule has 20 rings (SSSR count). The average Bonchev–Trinajstić information content (AvgIpc) is 1.65. The van der Waals surface area contributed by atoms with Crippen LogP contribution in [0.1, 0.15) is 143 Å². The molecule has 2 atom stereocenters. The number of imide groups is 4. The molecule has 36 heteroatoms. The Morgan fingerprint density at radius 3 is 1.23 bits per heavy atom. The number of nitrogen functional groups attached to an aromatic ring is 2. The number of hydrogen-bond acceptors (Lipinski definition) is 29. The largest absolute Gasteiger partial charge is 0.486 e. The third kappa shape index (κ3) is 20.9. The summed E-state index contributed by atoms with van der Waals surface area (Å²) in [6.07, 6.45) is 12.7. The lowest BCUT2D eigenvalue weighted by atomic mass is 9.90. The molecular weight excluding hydrogens is 1750 g/mol. The highest BCUT2D eigenvalue weighted by molar-refractivity contribution is 6.28. The number of piperazine rings is 2. The van der Waals surface area contributed by atoms with Crippen LogP contribution in [0.25, 0.3) is 66.1 Å². The van der Waals surface area contributed by atoms with E-state index in [2.05, 4.69) is 59.5 Å². The summed E-state index contributed by atoms with van der Waals surface area (Å²) in [6.45, 7) is 12.5. The summed E-state index contributed by atoms with van der Waals surface area (Å²) in [4.78, 5) is 155. The predicted molar refractivity (Wildman–Crippen MR) is 507 cm³/mol. The molecule has 708 valence electrons. The number of rotatable bonds is 30. The van der Waals surface area contributed by atoms with Crippen LogP contribution in [0.3, 0.4) is 0 Å². The Balaban J connectivity index is 0.000000152. The highest BCUT2D eigenvalue weighted by Gasteiger charge is 2.46. The minimum atomic E-state index is -1.17. The first kappa shape index (κ1) is 93.0.